The lowest BCUT2D eigenvalue weighted by atomic mass is 10.4. The monoisotopic (exact) mass is 348 g/mol. The van der Waals surface area contributed by atoms with Crippen molar-refractivity contribution in [2.45, 2.75) is 0 Å². The second-order valence-corrected chi connectivity index (χ2v) is 5.37. The molecular formula is C16H32N2O6. The van der Waals surface area contributed by atoms with Crippen molar-refractivity contribution in [2.75, 3.05) is 92.1 Å². The quantitative estimate of drug-likeness (QED) is 0.678. The largest absolute Gasteiger partial charge is 0.497 e. The first-order valence-corrected chi connectivity index (χ1v) is 8.57. The lowest BCUT2D eigenvalue weighted by Crippen LogP contribution is -2.34. The highest BCUT2D eigenvalue weighted by molar-refractivity contribution is 4.64. The van der Waals surface area contributed by atoms with E-state index in [-0.39, 0.29) is 13.2 Å². The number of aliphatic hydroxyl groups excluding tert-OH is 2. The number of hydrogen-bond donors (Lipinski definition) is 2. The van der Waals surface area contributed by atoms with Gasteiger partial charge in [0.05, 0.1) is 39.6 Å². The van der Waals surface area contributed by atoms with Crippen LogP contribution < -0.4 is 0 Å². The minimum atomic E-state index is 0.117. The van der Waals surface area contributed by atoms with Crippen LogP contribution in [0.2, 0.25) is 0 Å². The van der Waals surface area contributed by atoms with Gasteiger partial charge in [-0.05, 0) is 0 Å². The Morgan fingerprint density at radius 1 is 0.625 bits per heavy atom. The van der Waals surface area contributed by atoms with Crippen molar-refractivity contribution in [3.8, 4) is 0 Å². The first-order chi connectivity index (χ1) is 11.9. The number of rotatable bonds is 4. The molecule has 0 spiro atoms. The second-order valence-electron chi connectivity index (χ2n) is 5.37. The van der Waals surface area contributed by atoms with Crippen molar-refractivity contribution in [1.29, 1.82) is 0 Å². The van der Waals surface area contributed by atoms with Gasteiger partial charge >= 0.3 is 0 Å². The molecule has 0 aliphatic carbocycles. The minimum Gasteiger partial charge on any atom is -0.497 e. The zero-order chi connectivity index (χ0) is 17.3. The lowest BCUT2D eigenvalue weighted by Gasteiger charge is -2.22. The Hall–Kier alpha value is -0.900. The van der Waals surface area contributed by atoms with Crippen LogP contribution in [-0.4, -0.2) is 112 Å². The van der Waals surface area contributed by atoms with Crippen LogP contribution in [0.15, 0.2) is 12.5 Å². The van der Waals surface area contributed by atoms with E-state index in [2.05, 4.69) is 9.80 Å². The average Bonchev–Trinajstić information content (AvgIpc) is 2.58. The van der Waals surface area contributed by atoms with Crippen molar-refractivity contribution < 1.29 is 29.2 Å². The van der Waals surface area contributed by atoms with Crippen LogP contribution in [0.5, 0.6) is 0 Å². The summed E-state index contributed by atoms with van der Waals surface area (Å²) < 4.78 is 21.9. The Morgan fingerprint density at radius 3 is 1.46 bits per heavy atom. The fourth-order valence-corrected chi connectivity index (χ4v) is 2.24. The van der Waals surface area contributed by atoms with Crippen molar-refractivity contribution in [2.24, 2.45) is 0 Å². The van der Waals surface area contributed by atoms with Crippen LogP contribution in [0.25, 0.3) is 0 Å². The Labute approximate surface area is 144 Å². The average molecular weight is 348 g/mol. The van der Waals surface area contributed by atoms with Gasteiger partial charge in [0.2, 0.25) is 0 Å². The topological polar surface area (TPSA) is 83.9 Å². The predicted molar refractivity (Wildman–Crippen MR) is 89.7 cm³/mol. The van der Waals surface area contributed by atoms with Crippen molar-refractivity contribution in [3.05, 3.63) is 12.5 Å². The number of aliphatic hydroxyl groups is 2. The summed E-state index contributed by atoms with van der Waals surface area (Å²) in [5.74, 6) is 0. The third-order valence-corrected chi connectivity index (χ3v) is 3.61. The van der Waals surface area contributed by atoms with E-state index in [1.165, 1.54) is 12.5 Å². The number of β-amino-alcohol motifs (C(OH)–C–C–N with tert-alkyl or cyclic N) is 2. The van der Waals surface area contributed by atoms with Crippen LogP contribution in [0.3, 0.4) is 0 Å². The highest BCUT2D eigenvalue weighted by atomic mass is 16.5. The molecule has 0 amide bonds. The molecule has 1 aliphatic heterocycles. The first-order valence-electron chi connectivity index (χ1n) is 8.57. The fraction of sp³-hybridized carbons (Fsp3) is 0.875. The SMILES string of the molecule is OCCN1CCO/C=C\OCCN(CCO)CCOCCOCC1. The van der Waals surface area contributed by atoms with Gasteiger partial charge in [-0.2, -0.15) is 0 Å². The normalized spacial score (nSPS) is 22.8. The molecular weight excluding hydrogens is 316 g/mol. The van der Waals surface area contributed by atoms with Gasteiger partial charge in [-0.15, -0.1) is 0 Å². The zero-order valence-electron chi connectivity index (χ0n) is 14.5. The first kappa shape index (κ1) is 21.1. The van der Waals surface area contributed by atoms with Gasteiger partial charge in [-0.25, -0.2) is 0 Å². The molecule has 142 valence electrons. The molecule has 0 fully saturated rings. The maximum Gasteiger partial charge on any atom is 0.117 e. The molecule has 0 atom stereocenters. The fourth-order valence-electron chi connectivity index (χ4n) is 2.24. The van der Waals surface area contributed by atoms with Crippen molar-refractivity contribution in [3.63, 3.8) is 0 Å². The van der Waals surface area contributed by atoms with E-state index >= 15 is 0 Å². The summed E-state index contributed by atoms with van der Waals surface area (Å²) in [5.41, 5.74) is 0. The van der Waals surface area contributed by atoms with E-state index in [4.69, 9.17) is 29.2 Å². The molecule has 0 aromatic carbocycles. The summed E-state index contributed by atoms with van der Waals surface area (Å²) in [6.07, 6.45) is 3.08. The van der Waals surface area contributed by atoms with E-state index < -0.39 is 0 Å². The van der Waals surface area contributed by atoms with Gasteiger partial charge in [0.25, 0.3) is 0 Å². The van der Waals surface area contributed by atoms with Gasteiger partial charge < -0.3 is 29.2 Å². The molecule has 0 saturated heterocycles. The highest BCUT2D eigenvalue weighted by Gasteiger charge is 2.06. The molecule has 0 saturated carbocycles. The van der Waals surface area contributed by atoms with Gasteiger partial charge in [-0.1, -0.05) is 0 Å². The van der Waals surface area contributed by atoms with E-state index in [9.17, 15) is 0 Å². The van der Waals surface area contributed by atoms with Gasteiger partial charge in [-0.3, -0.25) is 9.80 Å². The van der Waals surface area contributed by atoms with E-state index in [1.54, 1.807) is 0 Å². The predicted octanol–water partition coefficient (Wildman–Crippen LogP) is -0.874. The summed E-state index contributed by atoms with van der Waals surface area (Å²) >= 11 is 0. The Balaban J connectivity index is 2.36. The maximum absolute atomic E-state index is 9.08. The Bertz CT molecular complexity index is 278. The number of hydrogen-bond acceptors (Lipinski definition) is 8. The Morgan fingerprint density at radius 2 is 1.04 bits per heavy atom. The molecule has 1 rings (SSSR count). The maximum atomic E-state index is 9.08. The summed E-state index contributed by atoms with van der Waals surface area (Å²) in [4.78, 5) is 4.18. The third-order valence-electron chi connectivity index (χ3n) is 3.61. The summed E-state index contributed by atoms with van der Waals surface area (Å²) in [7, 11) is 0. The summed E-state index contributed by atoms with van der Waals surface area (Å²) in [5, 5.41) is 18.2. The standard InChI is InChI=1S/C16H32N2O6/c19-7-1-17-3-9-21-13-15-23-11-5-18(2-8-20)6-12-24-16-14-22-10-4-17/h13,15,19-20H,1-12,14,16H2/b15-13-. The molecule has 8 nitrogen and oxygen atoms in total. The molecule has 0 aromatic rings. The second kappa shape index (κ2) is 15.6. The van der Waals surface area contributed by atoms with Crippen molar-refractivity contribution in [1.82, 2.24) is 9.80 Å². The molecule has 24 heavy (non-hydrogen) atoms. The smallest absolute Gasteiger partial charge is 0.117 e. The molecule has 0 aromatic heterocycles. The van der Waals surface area contributed by atoms with E-state index in [0.717, 1.165) is 26.2 Å². The highest BCUT2D eigenvalue weighted by Crippen LogP contribution is 1.93. The molecule has 8 heteroatoms. The number of nitrogens with zero attached hydrogens (tertiary/aromatic N) is 2. The molecule has 1 aliphatic rings. The summed E-state index contributed by atoms with van der Waals surface area (Å²) in [6.45, 7) is 7.71. The minimum absolute atomic E-state index is 0.117. The summed E-state index contributed by atoms with van der Waals surface area (Å²) in [6, 6.07) is 0. The Kier molecular flexibility index (Phi) is 13.8. The van der Waals surface area contributed by atoms with Gasteiger partial charge in [0, 0.05) is 39.3 Å². The van der Waals surface area contributed by atoms with Crippen LogP contribution >= 0.6 is 0 Å². The van der Waals surface area contributed by atoms with E-state index in [0.29, 0.717) is 52.7 Å². The van der Waals surface area contributed by atoms with Crippen molar-refractivity contribution >= 4 is 0 Å². The molecule has 1 heterocycles. The third kappa shape index (κ3) is 11.6. The van der Waals surface area contributed by atoms with Crippen LogP contribution in [-0.2, 0) is 18.9 Å². The lowest BCUT2D eigenvalue weighted by molar-refractivity contribution is 0.0240. The zero-order valence-corrected chi connectivity index (χ0v) is 14.5. The molecule has 2 N–H and O–H groups in total. The van der Waals surface area contributed by atoms with Gasteiger partial charge in [0.15, 0.2) is 0 Å². The molecule has 0 bridgehead atoms. The van der Waals surface area contributed by atoms with Gasteiger partial charge in [0.1, 0.15) is 25.7 Å². The molecule has 0 unspecified atom stereocenters. The van der Waals surface area contributed by atoms with Crippen LogP contribution in [0, 0.1) is 0 Å². The van der Waals surface area contributed by atoms with Crippen LogP contribution in [0.4, 0.5) is 0 Å². The number of ether oxygens (including phenoxy) is 4. The van der Waals surface area contributed by atoms with E-state index in [1.807, 2.05) is 0 Å². The van der Waals surface area contributed by atoms with Crippen LogP contribution in [0.1, 0.15) is 0 Å². The molecule has 0 radical (unpaired) electrons.